The van der Waals surface area contributed by atoms with Crippen molar-refractivity contribution in [3.8, 4) is 5.88 Å². The fourth-order valence-corrected chi connectivity index (χ4v) is 4.60. The lowest BCUT2D eigenvalue weighted by Gasteiger charge is -2.30. The molecule has 29 heavy (non-hydrogen) atoms. The highest BCUT2D eigenvalue weighted by molar-refractivity contribution is 14.0. The molecule has 0 aliphatic heterocycles. The molecule has 0 radical (unpaired) electrons. The number of guanidine groups is 1. The van der Waals surface area contributed by atoms with Crippen LogP contribution in [0.25, 0.3) is 0 Å². The number of nitrogens with zero attached hydrogens (tertiary/aromatic N) is 2. The van der Waals surface area contributed by atoms with E-state index >= 15 is 0 Å². The second kappa shape index (κ2) is 15.0. The van der Waals surface area contributed by atoms with E-state index in [-0.39, 0.29) is 24.0 Å². The van der Waals surface area contributed by atoms with Gasteiger partial charge in [-0.1, -0.05) is 19.4 Å². The molecule has 3 atom stereocenters. The van der Waals surface area contributed by atoms with E-state index in [1.807, 2.05) is 19.1 Å². The van der Waals surface area contributed by atoms with E-state index in [9.17, 15) is 4.21 Å². The Bertz CT molecular complexity index is 631. The highest BCUT2D eigenvalue weighted by Gasteiger charge is 2.26. The van der Waals surface area contributed by atoms with Gasteiger partial charge < -0.3 is 20.1 Å². The third kappa shape index (κ3) is 9.61. The van der Waals surface area contributed by atoms with Crippen molar-refractivity contribution in [2.45, 2.75) is 57.4 Å². The summed E-state index contributed by atoms with van der Waals surface area (Å²) in [6, 6.07) is 4.15. The number of hydrogen-bond acceptors (Lipinski definition) is 5. The maximum Gasteiger partial charge on any atom is 0.213 e. The zero-order valence-electron chi connectivity index (χ0n) is 17.7. The second-order valence-corrected chi connectivity index (χ2v) is 8.85. The van der Waals surface area contributed by atoms with Gasteiger partial charge in [0, 0.05) is 53.8 Å². The Hall–Kier alpha value is -0.940. The predicted octanol–water partition coefficient (Wildman–Crippen LogP) is 2.86. The first-order valence-electron chi connectivity index (χ1n) is 10.1. The van der Waals surface area contributed by atoms with Crippen LogP contribution in [0.2, 0.25) is 0 Å². The lowest BCUT2D eigenvalue weighted by Crippen LogP contribution is -2.46. The van der Waals surface area contributed by atoms with Crippen LogP contribution in [0.15, 0.2) is 23.3 Å². The maximum absolute atomic E-state index is 12.2. The number of rotatable bonds is 10. The Kier molecular flexibility index (Phi) is 13.5. The van der Waals surface area contributed by atoms with Crippen molar-refractivity contribution in [1.29, 1.82) is 0 Å². The number of hydrogen-bond donors (Lipinski definition) is 2. The minimum atomic E-state index is -0.720. The molecule has 166 valence electrons. The SMILES string of the molecule is CCNC(=NCc1ccc(OCCOC)nc1)NC1CCCC(S(=O)CC)C1.I. The summed E-state index contributed by atoms with van der Waals surface area (Å²) >= 11 is 0. The molecule has 1 aliphatic rings. The molecule has 7 nitrogen and oxygen atoms in total. The van der Waals surface area contributed by atoms with Gasteiger partial charge in [-0.3, -0.25) is 4.21 Å². The molecule has 1 saturated carbocycles. The van der Waals surface area contributed by atoms with Crippen LogP contribution in [-0.2, 0) is 22.1 Å². The molecule has 1 aliphatic carbocycles. The molecule has 0 spiro atoms. The Morgan fingerprint density at radius 3 is 2.79 bits per heavy atom. The van der Waals surface area contributed by atoms with E-state index in [0.717, 1.165) is 49.5 Å². The van der Waals surface area contributed by atoms with Gasteiger partial charge in [0.2, 0.25) is 5.88 Å². The first kappa shape index (κ1) is 26.1. The normalized spacial score (nSPS) is 20.4. The van der Waals surface area contributed by atoms with Crippen LogP contribution in [0.3, 0.4) is 0 Å². The van der Waals surface area contributed by atoms with Crippen LogP contribution >= 0.6 is 24.0 Å². The zero-order chi connectivity index (χ0) is 20.2. The first-order chi connectivity index (χ1) is 13.7. The molecular weight excluding hydrogens is 503 g/mol. The van der Waals surface area contributed by atoms with Gasteiger partial charge in [-0.05, 0) is 31.7 Å². The van der Waals surface area contributed by atoms with Crippen molar-refractivity contribution in [1.82, 2.24) is 15.6 Å². The second-order valence-electron chi connectivity index (χ2n) is 6.84. The largest absolute Gasteiger partial charge is 0.475 e. The van der Waals surface area contributed by atoms with E-state index in [1.165, 1.54) is 0 Å². The molecule has 1 aromatic heterocycles. The van der Waals surface area contributed by atoms with Crippen molar-refractivity contribution in [3.63, 3.8) is 0 Å². The van der Waals surface area contributed by atoms with Crippen LogP contribution in [0.1, 0.15) is 45.1 Å². The first-order valence-corrected chi connectivity index (χ1v) is 11.5. The average Bonchev–Trinajstić information content (AvgIpc) is 2.73. The molecule has 0 saturated heterocycles. The van der Waals surface area contributed by atoms with E-state index in [2.05, 4.69) is 22.5 Å². The van der Waals surface area contributed by atoms with Gasteiger partial charge in [0.25, 0.3) is 0 Å². The number of aromatic nitrogens is 1. The van der Waals surface area contributed by atoms with E-state index in [0.29, 0.717) is 36.9 Å². The van der Waals surface area contributed by atoms with Gasteiger partial charge >= 0.3 is 0 Å². The Balaban J connectivity index is 0.00000420. The summed E-state index contributed by atoms with van der Waals surface area (Å²) in [5.41, 5.74) is 1.02. The Morgan fingerprint density at radius 2 is 2.14 bits per heavy atom. The summed E-state index contributed by atoms with van der Waals surface area (Å²) in [6.45, 7) is 6.42. The van der Waals surface area contributed by atoms with Crippen molar-refractivity contribution < 1.29 is 13.7 Å². The molecule has 9 heteroatoms. The number of ether oxygens (including phenoxy) is 2. The number of nitrogens with one attached hydrogen (secondary N) is 2. The van der Waals surface area contributed by atoms with Crippen LogP contribution < -0.4 is 15.4 Å². The van der Waals surface area contributed by atoms with Crippen molar-refractivity contribution >= 4 is 40.7 Å². The third-order valence-electron chi connectivity index (χ3n) is 4.72. The quantitative estimate of drug-likeness (QED) is 0.206. The number of aliphatic imine (C=N–C) groups is 1. The minimum Gasteiger partial charge on any atom is -0.475 e. The van der Waals surface area contributed by atoms with Crippen molar-refractivity contribution in [2.24, 2.45) is 4.99 Å². The van der Waals surface area contributed by atoms with Crippen LogP contribution in [0, 0.1) is 0 Å². The smallest absolute Gasteiger partial charge is 0.213 e. The average molecular weight is 538 g/mol. The standard InChI is InChI=1S/C20H34N4O3S.HI/c1-4-21-20(24-17-7-6-8-18(13-17)28(25)5-2)23-15-16-9-10-19(22-14-16)27-12-11-26-3;/h9-10,14,17-18H,4-8,11-13,15H2,1-3H3,(H2,21,23,24);1H. The maximum atomic E-state index is 12.2. The van der Waals surface area contributed by atoms with Crippen molar-refractivity contribution in [2.75, 3.05) is 32.6 Å². The van der Waals surface area contributed by atoms with Crippen LogP contribution in [0.4, 0.5) is 0 Å². The van der Waals surface area contributed by atoms with Gasteiger partial charge in [-0.15, -0.1) is 24.0 Å². The molecule has 2 N–H and O–H groups in total. The molecule has 3 unspecified atom stereocenters. The van der Waals surface area contributed by atoms with Gasteiger partial charge in [0.15, 0.2) is 5.96 Å². The fraction of sp³-hybridized carbons (Fsp3) is 0.700. The molecule has 1 fully saturated rings. The van der Waals surface area contributed by atoms with Gasteiger partial charge in [0.1, 0.15) is 6.61 Å². The summed E-state index contributed by atoms with van der Waals surface area (Å²) < 4.78 is 22.6. The molecule has 0 aromatic carbocycles. The molecule has 2 rings (SSSR count). The highest BCUT2D eigenvalue weighted by atomic mass is 127. The Morgan fingerprint density at radius 1 is 1.31 bits per heavy atom. The summed E-state index contributed by atoms with van der Waals surface area (Å²) in [4.78, 5) is 9.00. The summed E-state index contributed by atoms with van der Waals surface area (Å²) in [5.74, 6) is 2.13. The number of pyridine rings is 1. The summed E-state index contributed by atoms with van der Waals surface area (Å²) in [7, 11) is 0.923. The number of methoxy groups -OCH3 is 1. The lowest BCUT2D eigenvalue weighted by atomic mass is 9.95. The van der Waals surface area contributed by atoms with Crippen LogP contribution in [-0.4, -0.2) is 59.1 Å². The third-order valence-corrected chi connectivity index (χ3v) is 6.46. The molecular formula is C20H35IN4O3S. The monoisotopic (exact) mass is 538 g/mol. The minimum absolute atomic E-state index is 0. The Labute approximate surface area is 194 Å². The lowest BCUT2D eigenvalue weighted by molar-refractivity contribution is 0.143. The highest BCUT2D eigenvalue weighted by Crippen LogP contribution is 2.23. The fourth-order valence-electron chi connectivity index (χ4n) is 3.25. The van der Waals surface area contributed by atoms with Gasteiger partial charge in [-0.25, -0.2) is 9.98 Å². The summed E-state index contributed by atoms with van der Waals surface area (Å²) in [6.07, 6.45) is 6.01. The topological polar surface area (TPSA) is 84.8 Å². The van der Waals surface area contributed by atoms with Crippen LogP contribution in [0.5, 0.6) is 5.88 Å². The number of halogens is 1. The predicted molar refractivity (Wildman–Crippen MR) is 130 cm³/mol. The van der Waals surface area contributed by atoms with Crippen molar-refractivity contribution in [3.05, 3.63) is 23.9 Å². The molecule has 1 aromatic rings. The van der Waals surface area contributed by atoms with E-state index in [4.69, 9.17) is 14.5 Å². The van der Waals surface area contributed by atoms with E-state index < -0.39 is 10.8 Å². The summed E-state index contributed by atoms with van der Waals surface area (Å²) in [5, 5.41) is 7.14. The zero-order valence-corrected chi connectivity index (χ0v) is 20.8. The molecule has 0 bridgehead atoms. The van der Waals surface area contributed by atoms with Gasteiger partial charge in [0.05, 0.1) is 13.2 Å². The van der Waals surface area contributed by atoms with Gasteiger partial charge in [-0.2, -0.15) is 0 Å². The molecule has 1 heterocycles. The van der Waals surface area contributed by atoms with E-state index in [1.54, 1.807) is 13.3 Å². The molecule has 0 amide bonds.